The van der Waals surface area contributed by atoms with Gasteiger partial charge in [-0.1, -0.05) is 20.8 Å². The largest absolute Gasteiger partial charge is 0.474 e. The number of nitrogens with zero attached hydrogens (tertiary/aromatic N) is 3. The predicted octanol–water partition coefficient (Wildman–Crippen LogP) is 2.11. The molecule has 5 nitrogen and oxygen atoms in total. The summed E-state index contributed by atoms with van der Waals surface area (Å²) in [4.78, 5) is 11.4. The van der Waals surface area contributed by atoms with Gasteiger partial charge in [-0.3, -0.25) is 4.98 Å². The molecule has 1 aromatic rings. The van der Waals surface area contributed by atoms with Crippen LogP contribution in [0, 0.1) is 5.41 Å². The molecule has 0 spiro atoms. The molecule has 1 aromatic heterocycles. The van der Waals surface area contributed by atoms with Crippen LogP contribution in [0.25, 0.3) is 0 Å². The van der Waals surface area contributed by atoms with Gasteiger partial charge in [0.1, 0.15) is 12.3 Å². The molecule has 0 N–H and O–H groups in total. The molecule has 0 saturated carbocycles. The summed E-state index contributed by atoms with van der Waals surface area (Å²) in [6.45, 7) is 10.6. The highest BCUT2D eigenvalue weighted by molar-refractivity contribution is 5.94. The molecule has 0 bridgehead atoms. The quantitative estimate of drug-likeness (QED) is 0.836. The van der Waals surface area contributed by atoms with E-state index in [1.54, 1.807) is 0 Å². The maximum atomic E-state index is 5.76. The number of ether oxygens (including phenoxy) is 2. The van der Waals surface area contributed by atoms with Crippen molar-refractivity contribution in [1.29, 1.82) is 0 Å². The van der Waals surface area contributed by atoms with Crippen LogP contribution in [0.5, 0.6) is 0 Å². The summed E-state index contributed by atoms with van der Waals surface area (Å²) < 4.78 is 11.2. The van der Waals surface area contributed by atoms with Crippen molar-refractivity contribution in [2.24, 2.45) is 10.4 Å². The molecule has 2 aliphatic heterocycles. The fourth-order valence-electron chi connectivity index (χ4n) is 2.51. The van der Waals surface area contributed by atoms with Gasteiger partial charge in [0, 0.05) is 25.0 Å². The Hall–Kier alpha value is -1.62. The topological polar surface area (TPSA) is 47.0 Å². The first-order valence-electron chi connectivity index (χ1n) is 7.54. The second kappa shape index (κ2) is 5.64. The Morgan fingerprint density at radius 2 is 2.00 bits per heavy atom. The van der Waals surface area contributed by atoms with Crippen LogP contribution in [0.3, 0.4) is 0 Å². The lowest BCUT2D eigenvalue weighted by Gasteiger charge is -2.28. The number of rotatable bonds is 2. The Kier molecular flexibility index (Phi) is 3.85. The number of aliphatic imine (C=N–C) groups is 1. The zero-order chi connectivity index (χ0) is 14.9. The Balaban J connectivity index is 1.80. The number of hydrogen-bond acceptors (Lipinski definition) is 5. The number of morpholine rings is 1. The van der Waals surface area contributed by atoms with Crippen LogP contribution >= 0.6 is 0 Å². The zero-order valence-electron chi connectivity index (χ0n) is 13.0. The molecule has 1 saturated heterocycles. The molecular formula is C16H23N3O2. The Morgan fingerprint density at radius 1 is 1.24 bits per heavy atom. The highest BCUT2D eigenvalue weighted by atomic mass is 16.5. The molecule has 0 amide bonds. The van der Waals surface area contributed by atoms with E-state index in [1.165, 1.54) is 0 Å². The second-order valence-corrected chi connectivity index (χ2v) is 6.63. The van der Waals surface area contributed by atoms with Crippen molar-refractivity contribution < 1.29 is 9.47 Å². The van der Waals surface area contributed by atoms with Gasteiger partial charge < -0.3 is 14.4 Å². The minimum atomic E-state index is 0.115. The lowest BCUT2D eigenvalue weighted by molar-refractivity contribution is 0.122. The molecule has 0 unspecified atom stereocenters. The van der Waals surface area contributed by atoms with Crippen LogP contribution in [0.4, 0.5) is 5.69 Å². The van der Waals surface area contributed by atoms with E-state index in [0.717, 1.165) is 37.7 Å². The van der Waals surface area contributed by atoms with Crippen molar-refractivity contribution in [3.05, 3.63) is 24.0 Å². The van der Waals surface area contributed by atoms with E-state index >= 15 is 0 Å². The third kappa shape index (κ3) is 3.18. The Morgan fingerprint density at radius 3 is 2.67 bits per heavy atom. The number of pyridine rings is 1. The van der Waals surface area contributed by atoms with Crippen molar-refractivity contribution in [3.8, 4) is 0 Å². The lowest BCUT2D eigenvalue weighted by Crippen LogP contribution is -2.36. The minimum Gasteiger partial charge on any atom is -0.474 e. The Labute approximate surface area is 126 Å². The highest BCUT2D eigenvalue weighted by Crippen LogP contribution is 2.27. The van der Waals surface area contributed by atoms with E-state index in [0.29, 0.717) is 12.5 Å². The van der Waals surface area contributed by atoms with Gasteiger partial charge >= 0.3 is 0 Å². The first-order valence-corrected chi connectivity index (χ1v) is 7.54. The van der Waals surface area contributed by atoms with Gasteiger partial charge in [0.2, 0.25) is 5.90 Å². The molecule has 0 aromatic carbocycles. The van der Waals surface area contributed by atoms with Crippen molar-refractivity contribution >= 4 is 11.6 Å². The normalized spacial score (nSPS) is 22.9. The minimum absolute atomic E-state index is 0.115. The van der Waals surface area contributed by atoms with Crippen LogP contribution in [-0.2, 0) is 9.47 Å². The first kappa shape index (κ1) is 14.3. The van der Waals surface area contributed by atoms with Gasteiger partial charge in [-0.25, -0.2) is 4.99 Å². The molecule has 0 aliphatic carbocycles. The Bertz CT molecular complexity index is 531. The van der Waals surface area contributed by atoms with E-state index in [2.05, 4.69) is 36.7 Å². The second-order valence-electron chi connectivity index (χ2n) is 6.63. The maximum absolute atomic E-state index is 5.76. The maximum Gasteiger partial charge on any atom is 0.235 e. The first-order chi connectivity index (χ1) is 10.0. The van der Waals surface area contributed by atoms with E-state index in [4.69, 9.17) is 14.5 Å². The van der Waals surface area contributed by atoms with Crippen LogP contribution in [0.2, 0.25) is 0 Å². The monoisotopic (exact) mass is 289 g/mol. The van der Waals surface area contributed by atoms with Gasteiger partial charge in [0.25, 0.3) is 0 Å². The molecule has 2 aliphatic rings. The van der Waals surface area contributed by atoms with Crippen molar-refractivity contribution in [1.82, 2.24) is 4.98 Å². The fraction of sp³-hybridized carbons (Fsp3) is 0.625. The van der Waals surface area contributed by atoms with Crippen LogP contribution in [0.1, 0.15) is 26.5 Å². The fourth-order valence-corrected chi connectivity index (χ4v) is 2.51. The van der Waals surface area contributed by atoms with E-state index in [1.807, 2.05) is 12.3 Å². The van der Waals surface area contributed by atoms with Crippen molar-refractivity contribution in [3.63, 3.8) is 0 Å². The molecule has 3 heterocycles. The van der Waals surface area contributed by atoms with Crippen LogP contribution in [0.15, 0.2) is 23.3 Å². The molecule has 21 heavy (non-hydrogen) atoms. The number of anilines is 1. The summed E-state index contributed by atoms with van der Waals surface area (Å²) in [5.74, 6) is 0.671. The van der Waals surface area contributed by atoms with Gasteiger partial charge in [-0.15, -0.1) is 0 Å². The third-order valence-electron chi connectivity index (χ3n) is 3.99. The van der Waals surface area contributed by atoms with Gasteiger partial charge in [0.05, 0.1) is 19.3 Å². The standard InChI is InChI=1S/C16H23N3O2/c1-16(2,3)14-11-21-15(18-14)13-10-12(4-5-17-13)19-6-8-20-9-7-19/h4-5,10,14H,6-9,11H2,1-3H3/t14-/m1/s1. The van der Waals surface area contributed by atoms with Gasteiger partial charge in [0.15, 0.2) is 0 Å². The molecule has 1 atom stereocenters. The average molecular weight is 289 g/mol. The van der Waals surface area contributed by atoms with E-state index in [9.17, 15) is 0 Å². The third-order valence-corrected chi connectivity index (χ3v) is 3.99. The van der Waals surface area contributed by atoms with E-state index < -0.39 is 0 Å². The van der Waals surface area contributed by atoms with Crippen LogP contribution in [-0.4, -0.2) is 49.8 Å². The summed E-state index contributed by atoms with van der Waals surface area (Å²) in [7, 11) is 0. The predicted molar refractivity (Wildman–Crippen MR) is 83.0 cm³/mol. The highest BCUT2D eigenvalue weighted by Gasteiger charge is 2.31. The van der Waals surface area contributed by atoms with Crippen LogP contribution < -0.4 is 4.90 Å². The smallest absolute Gasteiger partial charge is 0.235 e. The number of hydrogen-bond donors (Lipinski definition) is 0. The average Bonchev–Trinajstić information content (AvgIpc) is 2.98. The van der Waals surface area contributed by atoms with Crippen molar-refractivity contribution in [2.45, 2.75) is 26.8 Å². The molecule has 1 fully saturated rings. The van der Waals surface area contributed by atoms with E-state index in [-0.39, 0.29) is 11.5 Å². The SMILES string of the molecule is CC(C)(C)[C@H]1COC(c2cc(N3CCOCC3)ccn2)=N1. The summed E-state index contributed by atoms with van der Waals surface area (Å²) >= 11 is 0. The van der Waals surface area contributed by atoms with Gasteiger partial charge in [-0.05, 0) is 17.5 Å². The number of aromatic nitrogens is 1. The summed E-state index contributed by atoms with van der Waals surface area (Å²) in [5.41, 5.74) is 2.10. The zero-order valence-corrected chi connectivity index (χ0v) is 13.0. The van der Waals surface area contributed by atoms with Gasteiger partial charge in [-0.2, -0.15) is 0 Å². The molecule has 0 radical (unpaired) electrons. The molecule has 5 heteroatoms. The summed E-state index contributed by atoms with van der Waals surface area (Å²) in [6, 6.07) is 4.29. The molecular weight excluding hydrogens is 266 g/mol. The lowest BCUT2D eigenvalue weighted by atomic mass is 9.88. The molecule has 3 rings (SSSR count). The van der Waals surface area contributed by atoms with Crippen molar-refractivity contribution in [2.75, 3.05) is 37.8 Å². The summed E-state index contributed by atoms with van der Waals surface area (Å²) in [6.07, 6.45) is 1.83. The summed E-state index contributed by atoms with van der Waals surface area (Å²) in [5, 5.41) is 0. The molecule has 114 valence electrons.